The molecule has 0 saturated carbocycles. The third-order valence-electron chi connectivity index (χ3n) is 4.79. The Labute approximate surface area is 187 Å². The fraction of sp³-hybridized carbons (Fsp3) is 0.190. The molecule has 0 aliphatic carbocycles. The summed E-state index contributed by atoms with van der Waals surface area (Å²) in [6.45, 7) is 0.419. The molecule has 2 N–H and O–H groups in total. The Kier molecular flexibility index (Phi) is 6.26. The molecule has 3 aromatic rings. The molecule has 1 saturated heterocycles. The monoisotopic (exact) mass is 460 g/mol. The van der Waals surface area contributed by atoms with E-state index in [0.717, 1.165) is 10.6 Å². The van der Waals surface area contributed by atoms with Crippen molar-refractivity contribution in [2.24, 2.45) is 0 Å². The number of hydrogen-bond acceptors (Lipinski definition) is 4. The molecule has 1 amide bonds. The van der Waals surface area contributed by atoms with Gasteiger partial charge in [0.1, 0.15) is 5.82 Å². The molecular formula is C21H18ClFN4OS2. The molecule has 30 heavy (non-hydrogen) atoms. The normalized spacial score (nSPS) is 18.3. The molecule has 154 valence electrons. The van der Waals surface area contributed by atoms with Gasteiger partial charge in [-0.25, -0.2) is 4.39 Å². The lowest BCUT2D eigenvalue weighted by atomic mass is 10.0. The molecule has 3 heterocycles. The lowest BCUT2D eigenvalue weighted by Crippen LogP contribution is -2.32. The SMILES string of the molecule is O=C(CCN1C(=S)N[C@H](c2ccccn2)[C@@H]1c1ccc(Cl)s1)Nc1ccc(F)cc1. The third kappa shape index (κ3) is 4.61. The second-order valence-electron chi connectivity index (χ2n) is 6.77. The summed E-state index contributed by atoms with van der Waals surface area (Å²) < 4.78 is 13.7. The van der Waals surface area contributed by atoms with E-state index < -0.39 is 0 Å². The van der Waals surface area contributed by atoms with Crippen LogP contribution < -0.4 is 10.6 Å². The van der Waals surface area contributed by atoms with Crippen LogP contribution in [0.1, 0.15) is 29.1 Å². The molecule has 9 heteroatoms. The van der Waals surface area contributed by atoms with Crippen molar-refractivity contribution in [2.45, 2.75) is 18.5 Å². The number of thiocarbonyl (C=S) groups is 1. The number of thiophene rings is 1. The number of pyridine rings is 1. The number of carbonyl (C=O) groups excluding carboxylic acids is 1. The van der Waals surface area contributed by atoms with Crippen LogP contribution in [0.25, 0.3) is 0 Å². The molecule has 0 unspecified atom stereocenters. The van der Waals surface area contributed by atoms with Crippen molar-refractivity contribution in [1.29, 1.82) is 0 Å². The topological polar surface area (TPSA) is 57.3 Å². The fourth-order valence-corrected chi connectivity index (χ4v) is 4.96. The van der Waals surface area contributed by atoms with Gasteiger partial charge in [0.25, 0.3) is 0 Å². The van der Waals surface area contributed by atoms with Gasteiger partial charge in [0.15, 0.2) is 5.11 Å². The molecule has 2 aromatic heterocycles. The van der Waals surface area contributed by atoms with Crippen molar-refractivity contribution in [3.05, 3.63) is 81.5 Å². The Morgan fingerprint density at radius 1 is 1.23 bits per heavy atom. The smallest absolute Gasteiger partial charge is 0.226 e. The van der Waals surface area contributed by atoms with Gasteiger partial charge < -0.3 is 15.5 Å². The van der Waals surface area contributed by atoms with Gasteiger partial charge in [-0.2, -0.15) is 0 Å². The molecule has 4 rings (SSSR count). The molecule has 2 atom stereocenters. The fourth-order valence-electron chi connectivity index (χ4n) is 3.42. The van der Waals surface area contributed by atoms with E-state index >= 15 is 0 Å². The van der Waals surface area contributed by atoms with Crippen LogP contribution in [-0.2, 0) is 4.79 Å². The van der Waals surface area contributed by atoms with Crippen molar-refractivity contribution in [1.82, 2.24) is 15.2 Å². The molecule has 1 fully saturated rings. The van der Waals surface area contributed by atoms with Crippen molar-refractivity contribution in [3.8, 4) is 0 Å². The highest BCUT2D eigenvalue weighted by molar-refractivity contribution is 7.80. The first kappa shape index (κ1) is 20.7. The van der Waals surface area contributed by atoms with Gasteiger partial charge in [-0.05, 0) is 60.7 Å². The van der Waals surface area contributed by atoms with Crippen molar-refractivity contribution < 1.29 is 9.18 Å². The number of nitrogens with one attached hydrogen (secondary N) is 2. The number of carbonyl (C=O) groups is 1. The first-order valence-electron chi connectivity index (χ1n) is 9.30. The lowest BCUT2D eigenvalue weighted by Gasteiger charge is -2.26. The number of nitrogens with zero attached hydrogens (tertiary/aromatic N) is 2. The van der Waals surface area contributed by atoms with Crippen LogP contribution in [0.2, 0.25) is 4.34 Å². The second-order valence-corrected chi connectivity index (χ2v) is 8.90. The zero-order valence-electron chi connectivity index (χ0n) is 15.7. The highest BCUT2D eigenvalue weighted by atomic mass is 35.5. The minimum atomic E-state index is -0.348. The number of benzene rings is 1. The molecule has 0 radical (unpaired) electrons. The van der Waals surface area contributed by atoms with E-state index in [1.807, 2.05) is 35.2 Å². The zero-order valence-corrected chi connectivity index (χ0v) is 18.1. The molecule has 1 aromatic carbocycles. The highest BCUT2D eigenvalue weighted by Gasteiger charge is 2.40. The van der Waals surface area contributed by atoms with E-state index in [2.05, 4.69) is 15.6 Å². The number of amides is 1. The van der Waals surface area contributed by atoms with Crippen molar-refractivity contribution in [2.75, 3.05) is 11.9 Å². The number of rotatable bonds is 6. The number of halogens is 2. The van der Waals surface area contributed by atoms with Gasteiger partial charge in [-0.1, -0.05) is 17.7 Å². The summed E-state index contributed by atoms with van der Waals surface area (Å²) in [5, 5.41) is 6.69. The second kappa shape index (κ2) is 9.07. The summed E-state index contributed by atoms with van der Waals surface area (Å²) in [5.41, 5.74) is 1.42. The van der Waals surface area contributed by atoms with Crippen LogP contribution in [0.15, 0.2) is 60.8 Å². The summed E-state index contributed by atoms with van der Waals surface area (Å²) in [6, 6.07) is 15.0. The van der Waals surface area contributed by atoms with E-state index in [9.17, 15) is 9.18 Å². The maximum atomic E-state index is 13.0. The standard InChI is InChI=1S/C21H18ClFN4OS2/c22-17-9-8-16(30-17)20-19(15-3-1-2-11-24-15)26-21(29)27(20)12-10-18(28)25-14-6-4-13(23)5-7-14/h1-9,11,19-20H,10,12H2,(H,25,28)(H,26,29)/t19-,20+/m1/s1. The molecule has 1 aliphatic rings. The quantitative estimate of drug-likeness (QED) is 0.510. The Balaban J connectivity index is 1.51. The van der Waals surface area contributed by atoms with Gasteiger partial charge in [-0.15, -0.1) is 11.3 Å². The van der Waals surface area contributed by atoms with Crippen molar-refractivity contribution >= 4 is 51.9 Å². The number of anilines is 1. The summed E-state index contributed by atoms with van der Waals surface area (Å²) in [5.74, 6) is -0.520. The number of aromatic nitrogens is 1. The molecule has 0 bridgehead atoms. The first-order valence-corrected chi connectivity index (χ1v) is 10.9. The molecule has 0 spiro atoms. The van der Waals surface area contributed by atoms with Crippen LogP contribution in [0.4, 0.5) is 10.1 Å². The largest absolute Gasteiger partial charge is 0.352 e. The van der Waals surface area contributed by atoms with Crippen LogP contribution >= 0.6 is 35.2 Å². The van der Waals surface area contributed by atoms with Gasteiger partial charge in [0.2, 0.25) is 5.91 Å². The van der Waals surface area contributed by atoms with Crippen LogP contribution in [-0.4, -0.2) is 27.4 Å². The van der Waals surface area contributed by atoms with E-state index in [4.69, 9.17) is 23.8 Å². The minimum absolute atomic E-state index is 0.122. The maximum absolute atomic E-state index is 13.0. The zero-order chi connectivity index (χ0) is 21.1. The Bertz CT molecular complexity index is 1040. The van der Waals surface area contributed by atoms with E-state index in [1.165, 1.54) is 35.6 Å². The maximum Gasteiger partial charge on any atom is 0.226 e. The van der Waals surface area contributed by atoms with E-state index in [1.54, 1.807) is 6.20 Å². The summed E-state index contributed by atoms with van der Waals surface area (Å²) in [6.07, 6.45) is 1.97. The molecule has 5 nitrogen and oxygen atoms in total. The predicted molar refractivity (Wildman–Crippen MR) is 121 cm³/mol. The summed E-state index contributed by atoms with van der Waals surface area (Å²) in [7, 11) is 0. The summed E-state index contributed by atoms with van der Waals surface area (Å²) >= 11 is 13.3. The van der Waals surface area contributed by atoms with Gasteiger partial charge in [0, 0.05) is 29.7 Å². The average Bonchev–Trinajstić information content (AvgIpc) is 3.31. The van der Waals surface area contributed by atoms with Gasteiger partial charge >= 0.3 is 0 Å². The predicted octanol–water partition coefficient (Wildman–Crippen LogP) is 4.94. The first-order chi connectivity index (χ1) is 14.5. The lowest BCUT2D eigenvalue weighted by molar-refractivity contribution is -0.116. The Hall–Kier alpha value is -2.55. The van der Waals surface area contributed by atoms with Crippen LogP contribution in [0.5, 0.6) is 0 Å². The summed E-state index contributed by atoms with van der Waals surface area (Å²) in [4.78, 5) is 20.0. The molecular weight excluding hydrogens is 443 g/mol. The Morgan fingerprint density at radius 3 is 2.70 bits per heavy atom. The van der Waals surface area contributed by atoms with Crippen molar-refractivity contribution in [3.63, 3.8) is 0 Å². The average molecular weight is 461 g/mol. The Morgan fingerprint density at radius 2 is 2.03 bits per heavy atom. The van der Waals surface area contributed by atoms with Crippen LogP contribution in [0.3, 0.4) is 0 Å². The van der Waals surface area contributed by atoms with Gasteiger partial charge in [0.05, 0.1) is 22.1 Å². The molecule has 1 aliphatic heterocycles. The van der Waals surface area contributed by atoms with E-state index in [0.29, 0.717) is 21.7 Å². The highest BCUT2D eigenvalue weighted by Crippen LogP contribution is 2.42. The minimum Gasteiger partial charge on any atom is -0.352 e. The van der Waals surface area contributed by atoms with Gasteiger partial charge in [-0.3, -0.25) is 9.78 Å². The third-order valence-corrected chi connectivity index (χ3v) is 6.45. The van der Waals surface area contributed by atoms with Crippen LogP contribution in [0, 0.1) is 5.82 Å². The van der Waals surface area contributed by atoms with E-state index in [-0.39, 0.29) is 30.2 Å². The number of hydrogen-bond donors (Lipinski definition) is 2.